The van der Waals surface area contributed by atoms with E-state index < -0.39 is 12.1 Å². The second-order valence-corrected chi connectivity index (χ2v) is 3.91. The lowest BCUT2D eigenvalue weighted by Crippen LogP contribution is -2.27. The molecule has 0 aliphatic carbocycles. The molecule has 1 aromatic heterocycles. The zero-order valence-corrected chi connectivity index (χ0v) is 10.0. The van der Waals surface area contributed by atoms with Crippen LogP contribution >= 0.6 is 0 Å². The molecule has 0 aromatic carbocycles. The molecule has 1 N–H and O–H groups in total. The first-order valence-electron chi connectivity index (χ1n) is 5.67. The molecule has 1 aromatic rings. The summed E-state index contributed by atoms with van der Waals surface area (Å²) in [5, 5.41) is 2.64. The van der Waals surface area contributed by atoms with Crippen molar-refractivity contribution in [2.45, 2.75) is 18.9 Å². The fourth-order valence-electron chi connectivity index (χ4n) is 1.70. The Bertz CT molecular complexity index is 438. The van der Waals surface area contributed by atoms with Gasteiger partial charge in [-0.05, 0) is 25.0 Å². The predicted octanol–water partition coefficient (Wildman–Crippen LogP) is 0.986. The molecule has 18 heavy (non-hydrogen) atoms. The Kier molecular flexibility index (Phi) is 3.88. The van der Waals surface area contributed by atoms with Gasteiger partial charge in [0.05, 0.1) is 12.7 Å². The number of amides is 1. The molecule has 96 valence electrons. The average Bonchev–Trinajstić information content (AvgIpc) is 2.92. The van der Waals surface area contributed by atoms with Crippen molar-refractivity contribution < 1.29 is 19.1 Å². The number of carbonyl (C=O) groups excluding carboxylic acids is 2. The van der Waals surface area contributed by atoms with Crippen molar-refractivity contribution in [3.05, 3.63) is 23.9 Å². The van der Waals surface area contributed by atoms with Crippen LogP contribution in [0.1, 0.15) is 23.2 Å². The average molecular weight is 250 g/mol. The molecule has 1 amide bonds. The Balaban J connectivity index is 1.97. The molecule has 1 atom stereocenters. The predicted molar refractivity (Wildman–Crippen MR) is 63.2 cm³/mol. The molecule has 2 rings (SSSR count). The minimum atomic E-state index is -0.459. The summed E-state index contributed by atoms with van der Waals surface area (Å²) in [6, 6.07) is 3.10. The molecule has 2 heterocycles. The van der Waals surface area contributed by atoms with Gasteiger partial charge in [-0.15, -0.1) is 0 Å². The zero-order valence-electron chi connectivity index (χ0n) is 10.0. The van der Waals surface area contributed by atoms with Crippen LogP contribution in [-0.2, 0) is 14.3 Å². The van der Waals surface area contributed by atoms with Crippen LogP contribution in [0, 0.1) is 0 Å². The Morgan fingerprint density at radius 1 is 1.50 bits per heavy atom. The minimum Gasteiger partial charge on any atom is -0.465 e. The van der Waals surface area contributed by atoms with Gasteiger partial charge < -0.3 is 14.8 Å². The number of hydrogen-bond acceptors (Lipinski definition) is 5. The van der Waals surface area contributed by atoms with Crippen LogP contribution in [0.2, 0.25) is 0 Å². The van der Waals surface area contributed by atoms with E-state index in [1.807, 2.05) is 0 Å². The van der Waals surface area contributed by atoms with Gasteiger partial charge >= 0.3 is 5.97 Å². The molecule has 1 aliphatic heterocycles. The lowest BCUT2D eigenvalue weighted by molar-refractivity contribution is -0.124. The monoisotopic (exact) mass is 250 g/mol. The number of aromatic nitrogens is 1. The maximum Gasteiger partial charge on any atom is 0.339 e. The number of nitrogens with zero attached hydrogens (tertiary/aromatic N) is 1. The van der Waals surface area contributed by atoms with Gasteiger partial charge in [0, 0.05) is 12.8 Å². The molecule has 1 aliphatic rings. The van der Waals surface area contributed by atoms with E-state index in [0.717, 1.165) is 12.8 Å². The van der Waals surface area contributed by atoms with E-state index in [9.17, 15) is 9.59 Å². The molecule has 0 bridgehead atoms. The molecule has 6 heteroatoms. The van der Waals surface area contributed by atoms with Gasteiger partial charge in [-0.3, -0.25) is 4.79 Å². The highest BCUT2D eigenvalue weighted by Crippen LogP contribution is 2.14. The third-order valence-corrected chi connectivity index (χ3v) is 2.66. The number of pyridine rings is 1. The fourth-order valence-corrected chi connectivity index (χ4v) is 1.70. The largest absolute Gasteiger partial charge is 0.465 e. The van der Waals surface area contributed by atoms with Crippen LogP contribution in [-0.4, -0.2) is 36.7 Å². The van der Waals surface area contributed by atoms with Crippen LogP contribution in [0.15, 0.2) is 18.3 Å². The quantitative estimate of drug-likeness (QED) is 0.809. The van der Waals surface area contributed by atoms with Crippen molar-refractivity contribution in [1.82, 2.24) is 4.98 Å². The molecule has 1 saturated heterocycles. The van der Waals surface area contributed by atoms with E-state index in [4.69, 9.17) is 4.74 Å². The second kappa shape index (κ2) is 5.59. The molecule has 1 unspecified atom stereocenters. The van der Waals surface area contributed by atoms with Gasteiger partial charge in [0.25, 0.3) is 5.91 Å². The van der Waals surface area contributed by atoms with Crippen LogP contribution in [0.3, 0.4) is 0 Å². The van der Waals surface area contributed by atoms with Gasteiger partial charge in [-0.2, -0.15) is 0 Å². The van der Waals surface area contributed by atoms with Crippen molar-refractivity contribution in [1.29, 1.82) is 0 Å². The van der Waals surface area contributed by atoms with Crippen molar-refractivity contribution in [3.63, 3.8) is 0 Å². The normalized spacial score (nSPS) is 18.4. The minimum absolute atomic E-state index is 0.203. The molecule has 6 nitrogen and oxygen atoms in total. The summed E-state index contributed by atoms with van der Waals surface area (Å²) in [4.78, 5) is 26.9. The number of esters is 1. The zero-order chi connectivity index (χ0) is 13.0. The van der Waals surface area contributed by atoms with E-state index in [1.165, 1.54) is 13.3 Å². The Hall–Kier alpha value is -1.95. The van der Waals surface area contributed by atoms with Crippen LogP contribution in [0.4, 0.5) is 5.82 Å². The number of rotatable bonds is 3. The van der Waals surface area contributed by atoms with Gasteiger partial charge in [0.15, 0.2) is 0 Å². The molecule has 0 spiro atoms. The Morgan fingerprint density at radius 3 is 2.89 bits per heavy atom. The van der Waals surface area contributed by atoms with Gasteiger partial charge in [0.1, 0.15) is 11.9 Å². The van der Waals surface area contributed by atoms with Crippen molar-refractivity contribution >= 4 is 17.7 Å². The number of anilines is 1. The highest BCUT2D eigenvalue weighted by atomic mass is 16.5. The number of ether oxygens (including phenoxy) is 2. The SMILES string of the molecule is COC(=O)c1ccc(NC(=O)C2CCCO2)nc1. The first-order chi connectivity index (χ1) is 8.70. The van der Waals surface area contributed by atoms with Crippen molar-refractivity contribution in [2.75, 3.05) is 19.0 Å². The first-order valence-corrected chi connectivity index (χ1v) is 5.67. The lowest BCUT2D eigenvalue weighted by Gasteiger charge is -2.09. The van der Waals surface area contributed by atoms with E-state index in [0.29, 0.717) is 18.0 Å². The highest BCUT2D eigenvalue weighted by molar-refractivity contribution is 5.94. The summed E-state index contributed by atoms with van der Waals surface area (Å²) in [6.07, 6.45) is 2.59. The Labute approximate surface area is 104 Å². The third-order valence-electron chi connectivity index (χ3n) is 2.66. The van der Waals surface area contributed by atoms with Gasteiger partial charge in [-0.25, -0.2) is 9.78 Å². The first kappa shape index (κ1) is 12.5. The summed E-state index contributed by atoms with van der Waals surface area (Å²) in [7, 11) is 1.30. The van der Waals surface area contributed by atoms with E-state index in [-0.39, 0.29) is 5.91 Å². The summed E-state index contributed by atoms with van der Waals surface area (Å²) >= 11 is 0. The third kappa shape index (κ3) is 2.84. The number of hydrogen-bond donors (Lipinski definition) is 1. The topological polar surface area (TPSA) is 77.5 Å². The number of carbonyl (C=O) groups is 2. The van der Waals surface area contributed by atoms with E-state index >= 15 is 0 Å². The van der Waals surface area contributed by atoms with Crippen molar-refractivity contribution in [2.24, 2.45) is 0 Å². The summed E-state index contributed by atoms with van der Waals surface area (Å²) in [5.74, 6) is -0.270. The second-order valence-electron chi connectivity index (χ2n) is 3.91. The molecular weight excluding hydrogens is 236 g/mol. The summed E-state index contributed by atoms with van der Waals surface area (Å²) in [6.45, 7) is 0.618. The lowest BCUT2D eigenvalue weighted by atomic mass is 10.2. The number of methoxy groups -OCH3 is 1. The smallest absolute Gasteiger partial charge is 0.339 e. The van der Waals surface area contributed by atoms with E-state index in [1.54, 1.807) is 12.1 Å². The van der Waals surface area contributed by atoms with E-state index in [2.05, 4.69) is 15.0 Å². The Morgan fingerprint density at radius 2 is 2.33 bits per heavy atom. The van der Waals surface area contributed by atoms with Crippen LogP contribution in [0.25, 0.3) is 0 Å². The van der Waals surface area contributed by atoms with Crippen LogP contribution in [0.5, 0.6) is 0 Å². The van der Waals surface area contributed by atoms with Crippen molar-refractivity contribution in [3.8, 4) is 0 Å². The highest BCUT2D eigenvalue weighted by Gasteiger charge is 2.23. The maximum atomic E-state index is 11.7. The van der Waals surface area contributed by atoms with Gasteiger partial charge in [-0.1, -0.05) is 0 Å². The standard InChI is InChI=1S/C12H14N2O4/c1-17-12(16)8-4-5-10(13-7-8)14-11(15)9-3-2-6-18-9/h4-5,7,9H,2-3,6H2,1H3,(H,13,14,15). The molecule has 0 saturated carbocycles. The molecular formula is C12H14N2O4. The fraction of sp³-hybridized carbons (Fsp3) is 0.417. The maximum absolute atomic E-state index is 11.7. The summed E-state index contributed by atoms with van der Waals surface area (Å²) < 4.78 is 9.80. The molecule has 0 radical (unpaired) electrons. The summed E-state index contributed by atoms with van der Waals surface area (Å²) in [5.41, 5.74) is 0.340. The number of nitrogens with one attached hydrogen (secondary N) is 1. The molecule has 1 fully saturated rings. The van der Waals surface area contributed by atoms with Crippen LogP contribution < -0.4 is 5.32 Å². The van der Waals surface area contributed by atoms with Gasteiger partial charge in [0.2, 0.25) is 0 Å².